The van der Waals surface area contributed by atoms with Crippen LogP contribution in [0, 0.1) is 5.82 Å². The monoisotopic (exact) mass is 370 g/mol. The minimum atomic E-state index is -0.333. The summed E-state index contributed by atoms with van der Waals surface area (Å²) in [5.74, 6) is 0.0353. The number of rotatable bonds is 9. The Balaban J connectivity index is 1.65. The zero-order valence-electron chi connectivity index (χ0n) is 15.2. The van der Waals surface area contributed by atoms with Gasteiger partial charge in [-0.25, -0.2) is 4.39 Å². The first-order valence-electron chi connectivity index (χ1n) is 8.76. The summed E-state index contributed by atoms with van der Waals surface area (Å²) in [7, 11) is 0. The van der Waals surface area contributed by atoms with E-state index in [9.17, 15) is 14.0 Å². The van der Waals surface area contributed by atoms with Crippen LogP contribution in [0.5, 0.6) is 5.75 Å². The number of benzene rings is 2. The van der Waals surface area contributed by atoms with Gasteiger partial charge < -0.3 is 15.4 Å². The Hall–Kier alpha value is -3.15. The van der Waals surface area contributed by atoms with Crippen LogP contribution in [0.15, 0.2) is 54.6 Å². The van der Waals surface area contributed by atoms with Gasteiger partial charge in [-0.05, 0) is 48.4 Å². The lowest BCUT2D eigenvalue weighted by molar-refractivity contribution is -0.121. The first-order chi connectivity index (χ1) is 13.1. The van der Waals surface area contributed by atoms with Crippen molar-refractivity contribution in [1.82, 2.24) is 10.6 Å². The van der Waals surface area contributed by atoms with Crippen molar-refractivity contribution in [1.29, 1.82) is 0 Å². The summed E-state index contributed by atoms with van der Waals surface area (Å²) in [5.41, 5.74) is 1.62. The fourth-order valence-electron chi connectivity index (χ4n) is 2.31. The molecule has 0 aromatic heterocycles. The van der Waals surface area contributed by atoms with Crippen LogP contribution in [-0.2, 0) is 16.0 Å². The minimum Gasteiger partial charge on any atom is -0.494 e. The lowest BCUT2D eigenvalue weighted by atomic mass is 10.1. The van der Waals surface area contributed by atoms with Gasteiger partial charge in [-0.2, -0.15) is 0 Å². The standard InChI is InChI=1S/C21H23FN2O3/c1-2-27-19-10-5-16(6-11-19)7-12-20(25)23-13-14-24-21(26)15-17-3-8-18(22)9-4-17/h3-12H,2,13-15H2,1H3,(H,23,25)(H,24,26)/b12-7+. The van der Waals surface area contributed by atoms with E-state index in [1.807, 2.05) is 31.2 Å². The van der Waals surface area contributed by atoms with E-state index in [4.69, 9.17) is 4.74 Å². The second-order valence-corrected chi connectivity index (χ2v) is 5.78. The van der Waals surface area contributed by atoms with E-state index in [-0.39, 0.29) is 24.1 Å². The molecule has 6 heteroatoms. The lowest BCUT2D eigenvalue weighted by Gasteiger charge is -2.06. The molecular weight excluding hydrogens is 347 g/mol. The Morgan fingerprint density at radius 1 is 1.00 bits per heavy atom. The molecule has 2 amide bonds. The Kier molecular flexibility index (Phi) is 8.03. The molecule has 0 saturated carbocycles. The number of hydrogen-bond donors (Lipinski definition) is 2. The van der Waals surface area contributed by atoms with Gasteiger partial charge in [0.1, 0.15) is 11.6 Å². The van der Waals surface area contributed by atoms with Crippen LogP contribution in [0.25, 0.3) is 6.08 Å². The van der Waals surface area contributed by atoms with Crippen LogP contribution in [0.1, 0.15) is 18.1 Å². The summed E-state index contributed by atoms with van der Waals surface area (Å²) in [6, 6.07) is 13.2. The van der Waals surface area contributed by atoms with Crippen molar-refractivity contribution in [3.8, 4) is 5.75 Å². The normalized spacial score (nSPS) is 10.6. The van der Waals surface area contributed by atoms with Crippen LogP contribution in [-0.4, -0.2) is 31.5 Å². The average Bonchev–Trinajstić information content (AvgIpc) is 2.67. The van der Waals surface area contributed by atoms with Crippen molar-refractivity contribution in [3.05, 3.63) is 71.6 Å². The maximum absolute atomic E-state index is 12.8. The molecular formula is C21H23FN2O3. The topological polar surface area (TPSA) is 67.4 Å². The van der Waals surface area contributed by atoms with Crippen LogP contribution in [0.2, 0.25) is 0 Å². The Morgan fingerprint density at radius 3 is 2.33 bits per heavy atom. The molecule has 2 rings (SSSR count). The van der Waals surface area contributed by atoms with Gasteiger partial charge in [0.25, 0.3) is 0 Å². The van der Waals surface area contributed by atoms with E-state index in [0.29, 0.717) is 19.7 Å². The van der Waals surface area contributed by atoms with Crippen molar-refractivity contribution < 1.29 is 18.7 Å². The molecule has 2 N–H and O–H groups in total. The Labute approximate surface area is 158 Å². The molecule has 2 aromatic carbocycles. The van der Waals surface area contributed by atoms with Gasteiger partial charge in [-0.1, -0.05) is 24.3 Å². The van der Waals surface area contributed by atoms with E-state index < -0.39 is 0 Å². The molecule has 0 fully saturated rings. The number of carbonyl (C=O) groups excluding carboxylic acids is 2. The first-order valence-corrected chi connectivity index (χ1v) is 8.76. The summed E-state index contributed by atoms with van der Waals surface area (Å²) >= 11 is 0. The molecule has 0 saturated heterocycles. The summed E-state index contributed by atoms with van der Waals surface area (Å²) < 4.78 is 18.2. The lowest BCUT2D eigenvalue weighted by Crippen LogP contribution is -2.34. The second kappa shape index (κ2) is 10.8. The molecule has 0 bridgehead atoms. The molecule has 2 aromatic rings. The van der Waals surface area contributed by atoms with Crippen LogP contribution >= 0.6 is 0 Å². The zero-order chi connectivity index (χ0) is 19.5. The van der Waals surface area contributed by atoms with E-state index in [2.05, 4.69) is 10.6 Å². The van der Waals surface area contributed by atoms with E-state index in [0.717, 1.165) is 16.9 Å². The van der Waals surface area contributed by atoms with Gasteiger partial charge >= 0.3 is 0 Å². The highest BCUT2D eigenvalue weighted by Crippen LogP contribution is 2.12. The Morgan fingerprint density at radius 2 is 1.67 bits per heavy atom. The van der Waals surface area contributed by atoms with Gasteiger partial charge in [0.2, 0.25) is 11.8 Å². The van der Waals surface area contributed by atoms with E-state index in [1.54, 1.807) is 18.2 Å². The maximum atomic E-state index is 12.8. The van der Waals surface area contributed by atoms with Gasteiger partial charge in [-0.15, -0.1) is 0 Å². The van der Waals surface area contributed by atoms with E-state index >= 15 is 0 Å². The van der Waals surface area contributed by atoms with Gasteiger partial charge in [0, 0.05) is 19.2 Å². The molecule has 0 aliphatic rings. The summed E-state index contributed by atoms with van der Waals surface area (Å²) in [6.07, 6.45) is 3.32. The molecule has 0 heterocycles. The second-order valence-electron chi connectivity index (χ2n) is 5.78. The molecule has 27 heavy (non-hydrogen) atoms. The molecule has 5 nitrogen and oxygen atoms in total. The average molecular weight is 370 g/mol. The van der Waals surface area contributed by atoms with Crippen LogP contribution in [0.3, 0.4) is 0 Å². The number of halogens is 1. The quantitative estimate of drug-likeness (QED) is 0.527. The minimum absolute atomic E-state index is 0.172. The highest BCUT2D eigenvalue weighted by atomic mass is 19.1. The van der Waals surface area contributed by atoms with Gasteiger partial charge in [0.15, 0.2) is 0 Å². The van der Waals surface area contributed by atoms with Crippen molar-refractivity contribution >= 4 is 17.9 Å². The smallest absolute Gasteiger partial charge is 0.244 e. The largest absolute Gasteiger partial charge is 0.494 e. The molecule has 0 atom stereocenters. The predicted molar refractivity (Wildman–Crippen MR) is 103 cm³/mol. The Bertz CT molecular complexity index is 771. The number of carbonyl (C=O) groups is 2. The third-order valence-corrected chi connectivity index (χ3v) is 3.64. The molecule has 0 aliphatic heterocycles. The molecule has 0 radical (unpaired) electrons. The predicted octanol–water partition coefficient (Wildman–Crippen LogP) is 2.71. The van der Waals surface area contributed by atoms with Crippen LogP contribution in [0.4, 0.5) is 4.39 Å². The number of hydrogen-bond acceptors (Lipinski definition) is 3. The zero-order valence-corrected chi connectivity index (χ0v) is 15.2. The summed E-state index contributed by atoms with van der Waals surface area (Å²) in [6.45, 7) is 3.17. The van der Waals surface area contributed by atoms with Gasteiger partial charge in [0.05, 0.1) is 13.0 Å². The molecule has 0 unspecified atom stereocenters. The maximum Gasteiger partial charge on any atom is 0.244 e. The first kappa shape index (κ1) is 20.2. The van der Waals surface area contributed by atoms with Crippen LogP contribution < -0.4 is 15.4 Å². The SMILES string of the molecule is CCOc1ccc(/C=C/C(=O)NCCNC(=O)Cc2ccc(F)cc2)cc1. The fraction of sp³-hybridized carbons (Fsp3) is 0.238. The van der Waals surface area contributed by atoms with E-state index in [1.165, 1.54) is 18.2 Å². The highest BCUT2D eigenvalue weighted by molar-refractivity contribution is 5.91. The van der Waals surface area contributed by atoms with Gasteiger partial charge in [-0.3, -0.25) is 9.59 Å². The fourth-order valence-corrected chi connectivity index (χ4v) is 2.31. The van der Waals surface area contributed by atoms with Crippen molar-refractivity contribution in [2.24, 2.45) is 0 Å². The van der Waals surface area contributed by atoms with Crippen molar-refractivity contribution in [2.75, 3.05) is 19.7 Å². The highest BCUT2D eigenvalue weighted by Gasteiger charge is 2.03. The number of ether oxygens (including phenoxy) is 1. The molecule has 0 aliphatic carbocycles. The number of nitrogens with one attached hydrogen (secondary N) is 2. The summed E-state index contributed by atoms with van der Waals surface area (Å²) in [5, 5.41) is 5.40. The molecule has 142 valence electrons. The summed E-state index contributed by atoms with van der Waals surface area (Å²) in [4.78, 5) is 23.6. The van der Waals surface area contributed by atoms with Crippen molar-refractivity contribution in [3.63, 3.8) is 0 Å². The third kappa shape index (κ3) is 7.73. The van der Waals surface area contributed by atoms with Crippen molar-refractivity contribution in [2.45, 2.75) is 13.3 Å². The molecule has 0 spiro atoms. The number of amides is 2. The third-order valence-electron chi connectivity index (χ3n) is 3.64.